The number of carbonyl (C=O) groups excluding carboxylic acids is 1. The Balaban J connectivity index is 1.81. The van der Waals surface area contributed by atoms with Gasteiger partial charge in [-0.1, -0.05) is 37.3 Å². The molecule has 1 saturated heterocycles. The maximum absolute atomic E-state index is 11.2. The Kier molecular flexibility index (Phi) is 10.1. The molecule has 0 radical (unpaired) electrons. The molecule has 12 nitrogen and oxygen atoms in total. The number of primary amides is 1. The SMILES string of the molecule is CCc1ccc(-c2c(Cc3ccc(OCC(N)=O)cc3OC)c(O[C@@H]3O[C@H](CO)[C@@H](O)[C@H](O)[C@H]3O)nn2C(C)C)cc1. The van der Waals surface area contributed by atoms with Gasteiger partial charge in [0, 0.05) is 29.7 Å². The van der Waals surface area contributed by atoms with E-state index in [1.54, 1.807) is 18.2 Å². The quantitative estimate of drug-likeness (QED) is 0.208. The number of nitrogens with two attached hydrogens (primary N) is 1. The molecule has 4 rings (SSSR count). The number of aliphatic hydroxyl groups excluding tert-OH is 4. The Hall–Kier alpha value is -3.68. The first-order valence-electron chi connectivity index (χ1n) is 13.8. The number of ether oxygens (including phenoxy) is 4. The van der Waals surface area contributed by atoms with Crippen molar-refractivity contribution in [1.82, 2.24) is 9.78 Å². The van der Waals surface area contributed by atoms with Crippen molar-refractivity contribution < 1.29 is 44.2 Å². The van der Waals surface area contributed by atoms with Gasteiger partial charge in [0.2, 0.25) is 12.2 Å². The molecule has 3 aromatic rings. The average molecular weight is 586 g/mol. The lowest BCUT2D eigenvalue weighted by Gasteiger charge is -2.39. The predicted molar refractivity (Wildman–Crippen MR) is 152 cm³/mol. The molecule has 42 heavy (non-hydrogen) atoms. The van der Waals surface area contributed by atoms with Gasteiger partial charge in [-0.25, -0.2) is 0 Å². The fourth-order valence-corrected chi connectivity index (χ4v) is 4.86. The molecule has 0 saturated carbocycles. The zero-order chi connectivity index (χ0) is 30.6. The van der Waals surface area contributed by atoms with E-state index in [9.17, 15) is 25.2 Å². The molecule has 12 heteroatoms. The maximum Gasteiger partial charge on any atom is 0.255 e. The van der Waals surface area contributed by atoms with Gasteiger partial charge in [0.15, 0.2) is 6.61 Å². The Morgan fingerprint density at radius 2 is 1.81 bits per heavy atom. The number of aliphatic hydroxyl groups is 4. The summed E-state index contributed by atoms with van der Waals surface area (Å²) >= 11 is 0. The van der Waals surface area contributed by atoms with Crippen LogP contribution in [0.2, 0.25) is 0 Å². The summed E-state index contributed by atoms with van der Waals surface area (Å²) in [4.78, 5) is 11.2. The van der Waals surface area contributed by atoms with Crippen LogP contribution in [-0.2, 0) is 22.4 Å². The number of methoxy groups -OCH3 is 1. The molecular formula is C30H39N3O9. The lowest BCUT2D eigenvalue weighted by atomic mass is 9.98. The molecule has 0 spiro atoms. The van der Waals surface area contributed by atoms with Crippen molar-refractivity contribution in [3.63, 3.8) is 0 Å². The summed E-state index contributed by atoms with van der Waals surface area (Å²) in [5.74, 6) is 0.423. The Morgan fingerprint density at radius 1 is 1.10 bits per heavy atom. The van der Waals surface area contributed by atoms with Crippen molar-refractivity contribution in [2.24, 2.45) is 5.73 Å². The van der Waals surface area contributed by atoms with Crippen molar-refractivity contribution in [1.29, 1.82) is 0 Å². The molecule has 0 aliphatic carbocycles. The zero-order valence-corrected chi connectivity index (χ0v) is 24.1. The summed E-state index contributed by atoms with van der Waals surface area (Å²) in [6.45, 7) is 5.16. The number of carbonyl (C=O) groups is 1. The van der Waals surface area contributed by atoms with Crippen LogP contribution in [0.15, 0.2) is 42.5 Å². The van der Waals surface area contributed by atoms with Gasteiger partial charge in [0.05, 0.1) is 19.4 Å². The van der Waals surface area contributed by atoms with Crippen molar-refractivity contribution >= 4 is 5.91 Å². The standard InChI is InChI=1S/C30H39N3O9/c1-5-17-6-8-18(9-7-17)25-21(12-19-10-11-20(13-22(19)39-4)40-15-24(31)35)29(32-33(25)16(2)3)42-30-28(38)27(37)26(36)23(14-34)41-30/h6-11,13,16,23,26-28,30,34,36-38H,5,12,14-15H2,1-4H3,(H2,31,35)/t23-,26-,27+,28-,30+/m1/s1. The predicted octanol–water partition coefficient (Wildman–Crippen LogP) is 1.34. The van der Waals surface area contributed by atoms with E-state index in [0.29, 0.717) is 17.1 Å². The second-order valence-corrected chi connectivity index (χ2v) is 10.4. The van der Waals surface area contributed by atoms with Gasteiger partial charge in [0.25, 0.3) is 5.91 Å². The van der Waals surface area contributed by atoms with E-state index in [2.05, 4.69) is 6.92 Å². The number of amides is 1. The van der Waals surface area contributed by atoms with Gasteiger partial charge < -0.3 is 45.1 Å². The summed E-state index contributed by atoms with van der Waals surface area (Å²) < 4.78 is 24.6. The van der Waals surface area contributed by atoms with E-state index >= 15 is 0 Å². The van der Waals surface area contributed by atoms with E-state index in [1.165, 1.54) is 12.7 Å². The lowest BCUT2D eigenvalue weighted by Crippen LogP contribution is -2.60. The van der Waals surface area contributed by atoms with Crippen LogP contribution in [0.1, 0.15) is 43.5 Å². The normalized spacial score (nSPS) is 22.3. The van der Waals surface area contributed by atoms with E-state index in [1.807, 2.05) is 42.8 Å². The third kappa shape index (κ3) is 6.69. The molecule has 1 aromatic heterocycles. The Bertz CT molecular complexity index is 1360. The van der Waals surface area contributed by atoms with Crippen LogP contribution in [0.5, 0.6) is 17.4 Å². The van der Waals surface area contributed by atoms with E-state index in [-0.39, 0.29) is 24.9 Å². The summed E-state index contributed by atoms with van der Waals surface area (Å²) in [5, 5.41) is 45.7. The molecule has 1 fully saturated rings. The van der Waals surface area contributed by atoms with Crippen molar-refractivity contribution in [2.45, 2.75) is 70.4 Å². The number of rotatable bonds is 12. The number of aromatic nitrogens is 2. The first kappa shape index (κ1) is 31.3. The van der Waals surface area contributed by atoms with Gasteiger partial charge in [-0.2, -0.15) is 0 Å². The zero-order valence-electron chi connectivity index (χ0n) is 24.1. The van der Waals surface area contributed by atoms with Gasteiger partial charge in [-0.15, -0.1) is 5.10 Å². The van der Waals surface area contributed by atoms with Crippen LogP contribution in [0.4, 0.5) is 0 Å². The van der Waals surface area contributed by atoms with Crippen LogP contribution in [0, 0.1) is 0 Å². The molecule has 2 heterocycles. The number of hydrogen-bond acceptors (Lipinski definition) is 10. The largest absolute Gasteiger partial charge is 0.496 e. The first-order valence-corrected chi connectivity index (χ1v) is 13.8. The third-order valence-electron chi connectivity index (χ3n) is 7.18. The maximum atomic E-state index is 11.2. The molecule has 6 N–H and O–H groups in total. The summed E-state index contributed by atoms with van der Waals surface area (Å²) in [6.07, 6.45) is -6.15. The Labute approximate surface area is 244 Å². The van der Waals surface area contributed by atoms with Crippen LogP contribution < -0.4 is 19.9 Å². The van der Waals surface area contributed by atoms with Crippen LogP contribution in [0.3, 0.4) is 0 Å². The van der Waals surface area contributed by atoms with E-state index < -0.39 is 43.2 Å². The first-order chi connectivity index (χ1) is 20.1. The minimum absolute atomic E-state index is 0.0942. The number of aryl methyl sites for hydroxylation is 1. The molecule has 0 bridgehead atoms. The number of hydrogen-bond donors (Lipinski definition) is 5. The van der Waals surface area contributed by atoms with Crippen LogP contribution >= 0.6 is 0 Å². The highest BCUT2D eigenvalue weighted by Gasteiger charge is 2.45. The summed E-state index contributed by atoms with van der Waals surface area (Å²) in [5.41, 5.74) is 9.42. The van der Waals surface area contributed by atoms with Crippen molar-refractivity contribution in [2.75, 3.05) is 20.3 Å². The average Bonchev–Trinajstić information content (AvgIpc) is 3.34. The monoisotopic (exact) mass is 585 g/mol. The molecule has 1 aliphatic heterocycles. The smallest absolute Gasteiger partial charge is 0.255 e. The molecular weight excluding hydrogens is 546 g/mol. The fourth-order valence-electron chi connectivity index (χ4n) is 4.86. The Morgan fingerprint density at radius 3 is 2.40 bits per heavy atom. The van der Waals surface area contributed by atoms with Gasteiger partial charge >= 0.3 is 0 Å². The minimum atomic E-state index is -1.61. The summed E-state index contributed by atoms with van der Waals surface area (Å²) in [6, 6.07) is 13.1. The topological polar surface area (TPSA) is 179 Å². The van der Waals surface area contributed by atoms with Crippen LogP contribution in [0.25, 0.3) is 11.3 Å². The van der Waals surface area contributed by atoms with Gasteiger partial charge in [-0.05, 0) is 37.5 Å². The highest BCUT2D eigenvalue weighted by Crippen LogP contribution is 2.38. The van der Waals surface area contributed by atoms with Gasteiger partial charge in [-0.3, -0.25) is 9.48 Å². The molecule has 0 unspecified atom stereocenters. The molecule has 1 amide bonds. The van der Waals surface area contributed by atoms with E-state index in [0.717, 1.165) is 23.2 Å². The highest BCUT2D eigenvalue weighted by molar-refractivity contribution is 5.75. The molecule has 1 aliphatic rings. The fraction of sp³-hybridized carbons (Fsp3) is 0.467. The van der Waals surface area contributed by atoms with Crippen molar-refractivity contribution in [3.8, 4) is 28.6 Å². The highest BCUT2D eigenvalue weighted by atomic mass is 16.7. The number of benzene rings is 2. The van der Waals surface area contributed by atoms with E-state index in [4.69, 9.17) is 29.8 Å². The minimum Gasteiger partial charge on any atom is -0.496 e. The number of nitrogens with zero attached hydrogens (tertiary/aromatic N) is 2. The lowest BCUT2D eigenvalue weighted by molar-refractivity contribution is -0.278. The second kappa shape index (κ2) is 13.5. The second-order valence-electron chi connectivity index (χ2n) is 10.4. The third-order valence-corrected chi connectivity index (χ3v) is 7.18. The molecule has 2 aromatic carbocycles. The summed E-state index contributed by atoms with van der Waals surface area (Å²) in [7, 11) is 1.52. The van der Waals surface area contributed by atoms with Gasteiger partial charge in [0.1, 0.15) is 35.9 Å². The van der Waals surface area contributed by atoms with Crippen molar-refractivity contribution in [3.05, 3.63) is 59.2 Å². The molecule has 228 valence electrons. The molecule has 5 atom stereocenters. The van der Waals surface area contributed by atoms with Crippen LogP contribution in [-0.4, -0.2) is 87.1 Å².